The van der Waals surface area contributed by atoms with E-state index in [1.807, 2.05) is 0 Å². The summed E-state index contributed by atoms with van der Waals surface area (Å²) in [5, 5.41) is 2.52. The number of alkyl halides is 2. The molecule has 2 aliphatic rings. The summed E-state index contributed by atoms with van der Waals surface area (Å²) < 4.78 is 74.6. The number of hydrogen-bond acceptors (Lipinski definition) is 6. The van der Waals surface area contributed by atoms with Crippen molar-refractivity contribution in [2.75, 3.05) is 11.4 Å². The molecule has 1 saturated heterocycles. The monoisotopic (exact) mass is 616 g/mol. The Morgan fingerprint density at radius 3 is 2.39 bits per heavy atom. The number of ether oxygens (including phenoxy) is 1. The fourth-order valence-electron chi connectivity index (χ4n) is 4.49. The maximum atomic E-state index is 14.4. The Morgan fingerprint density at radius 2 is 1.80 bits per heavy atom. The van der Waals surface area contributed by atoms with Crippen molar-refractivity contribution in [2.24, 2.45) is 0 Å². The van der Waals surface area contributed by atoms with E-state index < -0.39 is 83.0 Å². The summed E-state index contributed by atoms with van der Waals surface area (Å²) in [6, 6.07) is 6.40. The van der Waals surface area contributed by atoms with E-state index in [9.17, 15) is 36.0 Å². The van der Waals surface area contributed by atoms with Crippen molar-refractivity contribution in [3.63, 3.8) is 0 Å². The summed E-state index contributed by atoms with van der Waals surface area (Å²) in [7, 11) is -4.55. The highest BCUT2D eigenvalue weighted by Crippen LogP contribution is 2.39. The first-order chi connectivity index (χ1) is 19.0. The number of hydrogen-bond donors (Lipinski definition) is 2. The summed E-state index contributed by atoms with van der Waals surface area (Å²) in [5.41, 5.74) is -1.13. The molecule has 10 nitrogen and oxygen atoms in total. The Morgan fingerprint density at radius 1 is 1.15 bits per heavy atom. The number of benzene rings is 2. The minimum atomic E-state index is -4.55. The van der Waals surface area contributed by atoms with Crippen LogP contribution >= 0.6 is 11.6 Å². The zero-order valence-electron chi connectivity index (χ0n) is 22.2. The number of anilines is 1. The standard InChI is InChI=1S/C26H28ClF3N4O6S/c1-25(2,3)40-24(37)33-14-20(32-41(33,38)39)23(36)34(17-8-6-7-15(28)11-17)21(18-9-4-5-10-19(18)27)22(35)31-16-12-26(29,30)13-16/h4-11,16,20-21,32H,12-14H2,1-3H3,(H,31,35)/t20-,21?/m0/s1. The molecular weight excluding hydrogens is 589 g/mol. The number of nitrogens with zero attached hydrogens (tertiary/aromatic N) is 2. The van der Waals surface area contributed by atoms with Gasteiger partial charge >= 0.3 is 16.3 Å². The zero-order chi connectivity index (χ0) is 30.3. The van der Waals surface area contributed by atoms with Crippen LogP contribution in [0.3, 0.4) is 0 Å². The van der Waals surface area contributed by atoms with Crippen LogP contribution in [0.4, 0.5) is 23.7 Å². The van der Waals surface area contributed by atoms with Gasteiger partial charge in [-0.25, -0.2) is 18.0 Å². The van der Waals surface area contributed by atoms with E-state index in [0.29, 0.717) is 4.31 Å². The molecule has 0 aromatic heterocycles. The van der Waals surface area contributed by atoms with Crippen molar-refractivity contribution in [1.29, 1.82) is 0 Å². The first-order valence-electron chi connectivity index (χ1n) is 12.5. The molecule has 2 aromatic carbocycles. The van der Waals surface area contributed by atoms with E-state index in [2.05, 4.69) is 10.0 Å². The van der Waals surface area contributed by atoms with E-state index in [1.165, 1.54) is 51.1 Å². The maximum absolute atomic E-state index is 14.4. The van der Waals surface area contributed by atoms with Crippen LogP contribution in [0.1, 0.15) is 45.2 Å². The van der Waals surface area contributed by atoms with Gasteiger partial charge in [0.1, 0.15) is 23.5 Å². The smallest absolute Gasteiger partial charge is 0.425 e. The van der Waals surface area contributed by atoms with Gasteiger partial charge in [0.05, 0.1) is 6.54 Å². The normalized spacial score (nSPS) is 20.6. The topological polar surface area (TPSA) is 125 Å². The van der Waals surface area contributed by atoms with E-state index in [4.69, 9.17) is 16.3 Å². The quantitative estimate of drug-likeness (QED) is 0.507. The van der Waals surface area contributed by atoms with Gasteiger partial charge in [0.2, 0.25) is 11.8 Å². The maximum Gasteiger partial charge on any atom is 0.425 e. The van der Waals surface area contributed by atoms with E-state index in [1.54, 1.807) is 6.07 Å². The Kier molecular flexibility index (Phi) is 8.31. The van der Waals surface area contributed by atoms with Gasteiger partial charge in [0.25, 0.3) is 5.92 Å². The van der Waals surface area contributed by atoms with Crippen LogP contribution in [0.25, 0.3) is 0 Å². The molecule has 222 valence electrons. The van der Waals surface area contributed by atoms with Crippen molar-refractivity contribution < 1.29 is 40.7 Å². The second-order valence-corrected chi connectivity index (χ2v) is 12.8. The molecule has 2 aromatic rings. The highest BCUT2D eigenvalue weighted by Gasteiger charge is 2.49. The summed E-state index contributed by atoms with van der Waals surface area (Å²) in [6.45, 7) is 3.88. The average Bonchev–Trinajstić information content (AvgIpc) is 3.15. The Bertz CT molecular complexity index is 1460. The van der Waals surface area contributed by atoms with E-state index in [0.717, 1.165) is 17.0 Å². The first-order valence-corrected chi connectivity index (χ1v) is 14.3. The molecule has 0 radical (unpaired) electrons. The second-order valence-electron chi connectivity index (χ2n) is 10.8. The highest BCUT2D eigenvalue weighted by atomic mass is 35.5. The van der Waals surface area contributed by atoms with Crippen LogP contribution in [0, 0.1) is 5.82 Å². The third kappa shape index (κ3) is 6.93. The van der Waals surface area contributed by atoms with Crippen molar-refractivity contribution in [2.45, 2.75) is 63.3 Å². The lowest BCUT2D eigenvalue weighted by Crippen LogP contribution is -2.56. The summed E-state index contributed by atoms with van der Waals surface area (Å²) in [4.78, 5) is 41.2. The Hall–Kier alpha value is -3.36. The highest BCUT2D eigenvalue weighted by molar-refractivity contribution is 7.88. The van der Waals surface area contributed by atoms with E-state index >= 15 is 0 Å². The molecule has 15 heteroatoms. The lowest BCUT2D eigenvalue weighted by molar-refractivity contribution is -0.133. The molecule has 1 aliphatic carbocycles. The van der Waals surface area contributed by atoms with Crippen molar-refractivity contribution in [3.8, 4) is 0 Å². The minimum absolute atomic E-state index is 0.0307. The number of carbonyl (C=O) groups excluding carboxylic acids is 3. The van der Waals surface area contributed by atoms with Crippen LogP contribution in [0.2, 0.25) is 5.02 Å². The molecule has 2 atom stereocenters. The predicted molar refractivity (Wildman–Crippen MR) is 143 cm³/mol. The van der Waals surface area contributed by atoms with Crippen LogP contribution in [0.5, 0.6) is 0 Å². The van der Waals surface area contributed by atoms with Gasteiger partial charge in [-0.05, 0) is 45.0 Å². The minimum Gasteiger partial charge on any atom is -0.443 e. The third-order valence-corrected chi connectivity index (χ3v) is 8.10. The summed E-state index contributed by atoms with van der Waals surface area (Å²) in [6.07, 6.45) is -2.46. The molecular formula is C26H28ClF3N4O6S. The number of amides is 3. The molecule has 1 unspecified atom stereocenters. The van der Waals surface area contributed by atoms with Gasteiger partial charge in [0, 0.05) is 35.2 Å². The van der Waals surface area contributed by atoms with Crippen LogP contribution in [-0.2, 0) is 24.5 Å². The molecule has 0 spiro atoms. The molecule has 1 heterocycles. The zero-order valence-corrected chi connectivity index (χ0v) is 23.8. The Balaban J connectivity index is 1.76. The van der Waals surface area contributed by atoms with Crippen molar-refractivity contribution >= 4 is 45.4 Å². The van der Waals surface area contributed by atoms with Gasteiger partial charge in [-0.2, -0.15) is 17.4 Å². The fraction of sp³-hybridized carbons (Fsp3) is 0.423. The SMILES string of the molecule is CC(C)(C)OC(=O)N1C[C@@H](C(=O)N(c2cccc(F)c2)C(C(=O)NC2CC(F)(F)C2)c2ccccc2Cl)NS1(=O)=O. The fourth-order valence-corrected chi connectivity index (χ4v) is 5.97. The van der Waals surface area contributed by atoms with Crippen LogP contribution in [0.15, 0.2) is 48.5 Å². The molecule has 1 aliphatic heterocycles. The van der Waals surface area contributed by atoms with Crippen LogP contribution in [-0.4, -0.2) is 60.8 Å². The second kappa shape index (κ2) is 11.1. The van der Waals surface area contributed by atoms with Gasteiger partial charge in [-0.3, -0.25) is 14.5 Å². The van der Waals surface area contributed by atoms with Crippen molar-refractivity contribution in [1.82, 2.24) is 14.3 Å². The lowest BCUT2D eigenvalue weighted by Gasteiger charge is -2.38. The van der Waals surface area contributed by atoms with E-state index in [-0.39, 0.29) is 16.3 Å². The number of carbonyl (C=O) groups is 3. The first kappa shape index (κ1) is 30.6. The molecule has 0 bridgehead atoms. The number of halogens is 4. The molecule has 2 N–H and O–H groups in total. The molecule has 3 amide bonds. The molecule has 1 saturated carbocycles. The number of nitrogens with one attached hydrogen (secondary N) is 2. The summed E-state index contributed by atoms with van der Waals surface area (Å²) in [5.74, 6) is -5.67. The lowest BCUT2D eigenvalue weighted by atomic mass is 9.87. The Labute approximate surface area is 239 Å². The van der Waals surface area contributed by atoms with Crippen LogP contribution < -0.4 is 14.9 Å². The molecule has 4 rings (SSSR count). The van der Waals surface area contributed by atoms with Crippen molar-refractivity contribution in [3.05, 3.63) is 64.9 Å². The third-order valence-electron chi connectivity index (χ3n) is 6.29. The summed E-state index contributed by atoms with van der Waals surface area (Å²) >= 11 is 6.40. The molecule has 2 fully saturated rings. The van der Waals surface area contributed by atoms with Gasteiger partial charge in [-0.1, -0.05) is 35.9 Å². The predicted octanol–water partition coefficient (Wildman–Crippen LogP) is 3.92. The molecule has 41 heavy (non-hydrogen) atoms. The van der Waals surface area contributed by atoms with Gasteiger partial charge in [0.15, 0.2) is 0 Å². The average molecular weight is 617 g/mol. The van der Waals surface area contributed by atoms with Gasteiger partial charge in [-0.15, -0.1) is 0 Å². The number of rotatable bonds is 6. The largest absolute Gasteiger partial charge is 0.443 e. The van der Waals surface area contributed by atoms with Gasteiger partial charge < -0.3 is 10.1 Å².